The van der Waals surface area contributed by atoms with Gasteiger partial charge in [-0.1, -0.05) is 22.4 Å². The molecule has 18 heavy (non-hydrogen) atoms. The first-order chi connectivity index (χ1) is 8.16. The Hall–Kier alpha value is -0.650. The molecule has 0 aromatic heterocycles. The second-order valence-corrected chi connectivity index (χ2v) is 5.03. The van der Waals surface area contributed by atoms with E-state index in [1.807, 2.05) is 0 Å². The fourth-order valence-corrected chi connectivity index (χ4v) is 2.22. The number of anilines is 1. The first-order valence-corrected chi connectivity index (χ1v) is 6.45. The molecule has 1 unspecified atom stereocenters. The summed E-state index contributed by atoms with van der Waals surface area (Å²) in [6.45, 7) is 0.848. The molecule has 1 fully saturated rings. The van der Waals surface area contributed by atoms with Crippen molar-refractivity contribution in [3.05, 3.63) is 28.5 Å². The first-order valence-electron chi connectivity index (χ1n) is 5.66. The molecule has 3 nitrogen and oxygen atoms in total. The van der Waals surface area contributed by atoms with Crippen molar-refractivity contribution < 1.29 is 9.18 Å². The Labute approximate surface area is 120 Å². The molecular weight excluding hydrogens is 323 g/mol. The number of nitrogens with one attached hydrogen (secondary N) is 2. The van der Waals surface area contributed by atoms with Gasteiger partial charge in [0, 0.05) is 4.47 Å². The van der Waals surface area contributed by atoms with Crippen LogP contribution in [0.5, 0.6) is 0 Å². The standard InChI is InChI=1S/C12H14BrFN2O.ClH/c13-8-4-5-10(9(14)7-8)16-12(17)11-3-1-2-6-15-11;/h4-5,7,11,15H,1-3,6H2,(H,16,17);1H. The number of hydrogen-bond acceptors (Lipinski definition) is 2. The number of rotatable bonds is 2. The lowest BCUT2D eigenvalue weighted by atomic mass is 10.0. The largest absolute Gasteiger partial charge is 0.322 e. The number of benzene rings is 1. The first kappa shape index (κ1) is 15.4. The molecule has 1 heterocycles. The van der Waals surface area contributed by atoms with E-state index in [1.54, 1.807) is 12.1 Å². The van der Waals surface area contributed by atoms with Gasteiger partial charge in [0.1, 0.15) is 5.82 Å². The van der Waals surface area contributed by atoms with Crippen LogP contribution in [0, 0.1) is 5.82 Å². The maximum absolute atomic E-state index is 13.5. The highest BCUT2D eigenvalue weighted by Crippen LogP contribution is 2.20. The summed E-state index contributed by atoms with van der Waals surface area (Å²) in [7, 11) is 0. The normalized spacial score (nSPS) is 18.9. The monoisotopic (exact) mass is 336 g/mol. The fourth-order valence-electron chi connectivity index (χ4n) is 1.89. The third-order valence-electron chi connectivity index (χ3n) is 2.82. The second-order valence-electron chi connectivity index (χ2n) is 4.12. The Morgan fingerprint density at radius 1 is 1.44 bits per heavy atom. The molecule has 2 rings (SSSR count). The molecule has 2 N–H and O–H groups in total. The Morgan fingerprint density at radius 3 is 2.83 bits per heavy atom. The third kappa shape index (κ3) is 3.93. The van der Waals surface area contributed by atoms with Crippen LogP contribution in [-0.4, -0.2) is 18.5 Å². The minimum atomic E-state index is -0.427. The summed E-state index contributed by atoms with van der Waals surface area (Å²) in [5, 5.41) is 5.74. The molecule has 0 saturated carbocycles. The number of piperidine rings is 1. The van der Waals surface area contributed by atoms with E-state index in [4.69, 9.17) is 0 Å². The molecule has 0 bridgehead atoms. The predicted octanol–water partition coefficient (Wildman–Crippen LogP) is 3.09. The van der Waals surface area contributed by atoms with E-state index in [0.717, 1.165) is 25.8 Å². The van der Waals surface area contributed by atoms with Gasteiger partial charge in [0.15, 0.2) is 0 Å². The molecule has 0 aliphatic carbocycles. The summed E-state index contributed by atoms with van der Waals surface area (Å²) in [6.07, 6.45) is 2.94. The minimum Gasteiger partial charge on any atom is -0.322 e. The van der Waals surface area contributed by atoms with E-state index < -0.39 is 5.82 Å². The third-order valence-corrected chi connectivity index (χ3v) is 3.31. The van der Waals surface area contributed by atoms with E-state index in [1.165, 1.54) is 6.07 Å². The molecule has 1 atom stereocenters. The number of carbonyl (C=O) groups is 1. The van der Waals surface area contributed by atoms with Gasteiger partial charge in [-0.25, -0.2) is 4.39 Å². The molecule has 1 saturated heterocycles. The van der Waals surface area contributed by atoms with E-state index in [0.29, 0.717) is 4.47 Å². The molecule has 0 spiro atoms. The summed E-state index contributed by atoms with van der Waals surface area (Å²) in [6, 6.07) is 4.39. The molecule has 1 amide bonds. The minimum absolute atomic E-state index is 0. The Kier molecular flexibility index (Phi) is 6.05. The van der Waals surface area contributed by atoms with Gasteiger partial charge in [0.2, 0.25) is 5.91 Å². The van der Waals surface area contributed by atoms with Crippen LogP contribution in [-0.2, 0) is 4.79 Å². The average molecular weight is 338 g/mol. The molecular formula is C12H15BrClFN2O. The molecule has 1 aromatic carbocycles. The van der Waals surface area contributed by atoms with Crippen molar-refractivity contribution in [3.8, 4) is 0 Å². The summed E-state index contributed by atoms with van der Waals surface area (Å²) < 4.78 is 14.2. The zero-order valence-corrected chi connectivity index (χ0v) is 12.1. The van der Waals surface area contributed by atoms with Gasteiger partial charge < -0.3 is 10.6 Å². The van der Waals surface area contributed by atoms with Crippen LogP contribution < -0.4 is 10.6 Å². The SMILES string of the molecule is Cl.O=C(Nc1ccc(Br)cc1F)C1CCCCN1. The van der Waals surface area contributed by atoms with Gasteiger partial charge in [-0.15, -0.1) is 12.4 Å². The van der Waals surface area contributed by atoms with Gasteiger partial charge in [-0.05, 0) is 37.6 Å². The summed E-state index contributed by atoms with van der Waals surface area (Å²) in [4.78, 5) is 11.9. The highest BCUT2D eigenvalue weighted by Gasteiger charge is 2.21. The molecule has 100 valence electrons. The predicted molar refractivity (Wildman–Crippen MR) is 75.6 cm³/mol. The van der Waals surface area contributed by atoms with Gasteiger partial charge in [-0.3, -0.25) is 4.79 Å². The van der Waals surface area contributed by atoms with Crippen LogP contribution in [0.3, 0.4) is 0 Å². The smallest absolute Gasteiger partial charge is 0.241 e. The summed E-state index contributed by atoms with van der Waals surface area (Å²) >= 11 is 3.17. The van der Waals surface area contributed by atoms with Crippen molar-refractivity contribution in [2.24, 2.45) is 0 Å². The zero-order valence-electron chi connectivity index (χ0n) is 9.71. The highest BCUT2D eigenvalue weighted by molar-refractivity contribution is 9.10. The molecule has 1 aliphatic rings. The average Bonchev–Trinajstić information content (AvgIpc) is 2.34. The number of amides is 1. The second kappa shape index (κ2) is 7.07. The Bertz CT molecular complexity index is 425. The van der Waals surface area contributed by atoms with Crippen molar-refractivity contribution >= 4 is 39.9 Å². The highest BCUT2D eigenvalue weighted by atomic mass is 79.9. The van der Waals surface area contributed by atoms with Crippen LogP contribution in [0.1, 0.15) is 19.3 Å². The van der Waals surface area contributed by atoms with Crippen molar-refractivity contribution in [3.63, 3.8) is 0 Å². The molecule has 0 radical (unpaired) electrons. The quantitative estimate of drug-likeness (QED) is 0.871. The molecule has 6 heteroatoms. The lowest BCUT2D eigenvalue weighted by Gasteiger charge is -2.22. The van der Waals surface area contributed by atoms with Gasteiger partial charge in [0.05, 0.1) is 11.7 Å². The van der Waals surface area contributed by atoms with Crippen LogP contribution >= 0.6 is 28.3 Å². The lowest BCUT2D eigenvalue weighted by molar-refractivity contribution is -0.118. The number of halogens is 3. The van der Waals surface area contributed by atoms with E-state index in [2.05, 4.69) is 26.6 Å². The van der Waals surface area contributed by atoms with Crippen molar-refractivity contribution in [1.82, 2.24) is 5.32 Å². The van der Waals surface area contributed by atoms with Gasteiger partial charge >= 0.3 is 0 Å². The van der Waals surface area contributed by atoms with E-state index in [9.17, 15) is 9.18 Å². The lowest BCUT2D eigenvalue weighted by Crippen LogP contribution is -2.43. The molecule has 1 aliphatic heterocycles. The molecule has 1 aromatic rings. The number of carbonyl (C=O) groups excluding carboxylic acids is 1. The van der Waals surface area contributed by atoms with Crippen LogP contribution in [0.4, 0.5) is 10.1 Å². The summed E-state index contributed by atoms with van der Waals surface area (Å²) in [5.74, 6) is -0.588. The maximum atomic E-state index is 13.5. The maximum Gasteiger partial charge on any atom is 0.241 e. The van der Waals surface area contributed by atoms with Crippen LogP contribution in [0.15, 0.2) is 22.7 Å². The van der Waals surface area contributed by atoms with E-state index >= 15 is 0 Å². The summed E-state index contributed by atoms with van der Waals surface area (Å²) in [5.41, 5.74) is 0.227. The van der Waals surface area contributed by atoms with Gasteiger partial charge in [-0.2, -0.15) is 0 Å². The van der Waals surface area contributed by atoms with Crippen LogP contribution in [0.2, 0.25) is 0 Å². The Balaban J connectivity index is 0.00000162. The van der Waals surface area contributed by atoms with Crippen molar-refractivity contribution in [2.75, 3.05) is 11.9 Å². The van der Waals surface area contributed by atoms with Crippen molar-refractivity contribution in [1.29, 1.82) is 0 Å². The van der Waals surface area contributed by atoms with E-state index in [-0.39, 0.29) is 30.0 Å². The van der Waals surface area contributed by atoms with Gasteiger partial charge in [0.25, 0.3) is 0 Å². The topological polar surface area (TPSA) is 41.1 Å². The Morgan fingerprint density at radius 2 is 2.22 bits per heavy atom. The fraction of sp³-hybridized carbons (Fsp3) is 0.417. The van der Waals surface area contributed by atoms with Crippen LogP contribution in [0.25, 0.3) is 0 Å². The zero-order chi connectivity index (χ0) is 12.3. The number of hydrogen-bond donors (Lipinski definition) is 2. The van der Waals surface area contributed by atoms with Crippen molar-refractivity contribution in [2.45, 2.75) is 25.3 Å².